The second kappa shape index (κ2) is 59.3. The Bertz CT molecular complexity index is 1420. The Morgan fingerprint density at radius 3 is 1.12 bits per heavy atom. The minimum Gasteiger partial charge on any atom is -0.462 e. The van der Waals surface area contributed by atoms with E-state index in [0.29, 0.717) is 38.5 Å². The Labute approximate surface area is 480 Å². The molecule has 0 spiro atoms. The summed E-state index contributed by atoms with van der Waals surface area (Å²) in [5, 5.41) is 15.1. The molecule has 0 aliphatic heterocycles. The SMILES string of the molecule is C=CCOP(=O)(OCCC)OCC(CCCC(CCCCCCCC)OC(=O)CCCCCCCCCCCC)NC(C)=O.CCCCCCCCCCCCC(=O)OC(CCCCCCCC)CCCC(CO)NC(C)=O. The number of aliphatic hydroxyl groups is 1. The van der Waals surface area contributed by atoms with Crippen LogP contribution in [0.15, 0.2) is 12.7 Å². The highest BCUT2D eigenvalue weighted by atomic mass is 31.2. The van der Waals surface area contributed by atoms with E-state index in [9.17, 15) is 28.8 Å². The minimum atomic E-state index is -3.76. The monoisotopic (exact) mass is 1130 g/mol. The van der Waals surface area contributed by atoms with Crippen LogP contribution in [-0.2, 0) is 46.8 Å². The number of nitrogens with one attached hydrogen (secondary N) is 2. The number of phosphoric acid groups is 1. The third kappa shape index (κ3) is 55.6. The summed E-state index contributed by atoms with van der Waals surface area (Å²) in [4.78, 5) is 48.3. The number of hydrogen-bond donors (Lipinski definition) is 3. The van der Waals surface area contributed by atoms with E-state index in [4.69, 9.17) is 23.0 Å². The van der Waals surface area contributed by atoms with E-state index in [1.165, 1.54) is 180 Å². The first-order valence-electron chi connectivity index (χ1n) is 32.5. The molecule has 0 heterocycles. The number of carbonyl (C=O) groups excluding carboxylic acids is 4. The van der Waals surface area contributed by atoms with Crippen LogP contribution in [0.5, 0.6) is 0 Å². The second-order valence-corrected chi connectivity index (χ2v) is 23.9. The zero-order valence-corrected chi connectivity index (χ0v) is 52.7. The fourth-order valence-corrected chi connectivity index (χ4v) is 10.9. The molecule has 0 radical (unpaired) electrons. The van der Waals surface area contributed by atoms with Crippen LogP contribution in [0.1, 0.15) is 325 Å². The molecule has 5 atom stereocenters. The van der Waals surface area contributed by atoms with Crippen molar-refractivity contribution in [1.82, 2.24) is 10.6 Å². The molecule has 78 heavy (non-hydrogen) atoms. The van der Waals surface area contributed by atoms with Crippen molar-refractivity contribution < 1.29 is 51.9 Å². The van der Waals surface area contributed by atoms with Gasteiger partial charge in [0.25, 0.3) is 0 Å². The summed E-state index contributed by atoms with van der Waals surface area (Å²) in [5.41, 5.74) is 0. The van der Waals surface area contributed by atoms with Gasteiger partial charge in [0.2, 0.25) is 11.8 Å². The van der Waals surface area contributed by atoms with Gasteiger partial charge >= 0.3 is 19.8 Å². The summed E-state index contributed by atoms with van der Waals surface area (Å²) in [7, 11) is -3.76. The van der Waals surface area contributed by atoms with E-state index in [1.54, 1.807) is 0 Å². The van der Waals surface area contributed by atoms with Crippen molar-refractivity contribution in [1.29, 1.82) is 0 Å². The van der Waals surface area contributed by atoms with Crippen molar-refractivity contribution in [3.05, 3.63) is 12.7 Å². The molecule has 14 heteroatoms. The lowest BCUT2D eigenvalue weighted by molar-refractivity contribution is -0.151. The number of phosphoric ester groups is 1. The molecule has 0 aromatic heterocycles. The van der Waals surface area contributed by atoms with Gasteiger partial charge in [-0.2, -0.15) is 0 Å². The number of aliphatic hydroxyl groups excluding tert-OH is 1. The number of esters is 2. The molecule has 0 aromatic rings. The van der Waals surface area contributed by atoms with Crippen molar-refractivity contribution in [3.63, 3.8) is 0 Å². The quantitative estimate of drug-likeness (QED) is 0.0229. The average molecular weight is 1130 g/mol. The molecule has 0 aromatic carbocycles. The first-order chi connectivity index (χ1) is 37.8. The summed E-state index contributed by atoms with van der Waals surface area (Å²) in [5.74, 6) is -0.473. The summed E-state index contributed by atoms with van der Waals surface area (Å²) in [6.45, 7) is 17.6. The van der Waals surface area contributed by atoms with Crippen LogP contribution in [0.4, 0.5) is 0 Å². The van der Waals surface area contributed by atoms with Crippen LogP contribution < -0.4 is 10.6 Å². The molecule has 0 rings (SSSR count). The van der Waals surface area contributed by atoms with Crippen molar-refractivity contribution >= 4 is 31.6 Å². The zero-order chi connectivity index (χ0) is 58.0. The maximum atomic E-state index is 13.0. The first kappa shape index (κ1) is 77.8. The van der Waals surface area contributed by atoms with E-state index in [1.807, 2.05) is 6.92 Å². The van der Waals surface area contributed by atoms with Crippen molar-refractivity contribution in [3.8, 4) is 0 Å². The molecule has 3 N–H and O–H groups in total. The maximum absolute atomic E-state index is 13.0. The highest BCUT2D eigenvalue weighted by molar-refractivity contribution is 7.48. The van der Waals surface area contributed by atoms with E-state index in [-0.39, 0.29) is 74.5 Å². The van der Waals surface area contributed by atoms with E-state index in [2.05, 4.69) is 44.9 Å². The number of rotatable bonds is 58. The molecule has 2 amide bonds. The lowest BCUT2D eigenvalue weighted by Gasteiger charge is -2.23. The highest BCUT2D eigenvalue weighted by Crippen LogP contribution is 2.49. The summed E-state index contributed by atoms with van der Waals surface area (Å²) in [6.07, 6.45) is 48.6. The van der Waals surface area contributed by atoms with Gasteiger partial charge in [0.1, 0.15) is 12.2 Å². The number of amides is 2. The van der Waals surface area contributed by atoms with Crippen molar-refractivity contribution in [2.45, 2.75) is 349 Å². The summed E-state index contributed by atoms with van der Waals surface area (Å²) in [6, 6.07) is -0.579. The van der Waals surface area contributed by atoms with Gasteiger partial charge in [-0.15, -0.1) is 6.58 Å². The van der Waals surface area contributed by atoms with Gasteiger partial charge in [0.05, 0.1) is 38.5 Å². The highest BCUT2D eigenvalue weighted by Gasteiger charge is 2.28. The molecule has 0 fully saturated rings. The van der Waals surface area contributed by atoms with E-state index < -0.39 is 7.82 Å². The third-order valence-corrected chi connectivity index (χ3v) is 15.7. The van der Waals surface area contributed by atoms with Crippen LogP contribution in [0.25, 0.3) is 0 Å². The van der Waals surface area contributed by atoms with Gasteiger partial charge in [-0.05, 0) is 83.5 Å². The van der Waals surface area contributed by atoms with Gasteiger partial charge in [0, 0.05) is 26.7 Å². The predicted octanol–water partition coefficient (Wildman–Crippen LogP) is 18.0. The molecule has 13 nitrogen and oxygen atoms in total. The Balaban J connectivity index is 0. The van der Waals surface area contributed by atoms with Crippen LogP contribution in [0.3, 0.4) is 0 Å². The van der Waals surface area contributed by atoms with Gasteiger partial charge in [-0.25, -0.2) is 4.57 Å². The van der Waals surface area contributed by atoms with Crippen LogP contribution in [0.2, 0.25) is 0 Å². The zero-order valence-electron chi connectivity index (χ0n) is 51.8. The molecule has 462 valence electrons. The Hall–Kier alpha value is -2.31. The summed E-state index contributed by atoms with van der Waals surface area (Å²) < 4.78 is 41.1. The van der Waals surface area contributed by atoms with Crippen LogP contribution in [0, 0.1) is 0 Å². The van der Waals surface area contributed by atoms with E-state index in [0.717, 1.165) is 77.0 Å². The first-order valence-corrected chi connectivity index (χ1v) is 34.0. The molecule has 0 aliphatic carbocycles. The van der Waals surface area contributed by atoms with Gasteiger partial charge in [0.15, 0.2) is 0 Å². The van der Waals surface area contributed by atoms with Crippen LogP contribution in [-0.4, -0.2) is 79.6 Å². The van der Waals surface area contributed by atoms with Crippen molar-refractivity contribution in [2.75, 3.05) is 26.4 Å². The molecular weight excluding hydrogens is 1000 g/mol. The predicted molar refractivity (Wildman–Crippen MR) is 325 cm³/mol. The number of hydrogen-bond acceptors (Lipinski definition) is 11. The third-order valence-electron chi connectivity index (χ3n) is 14.3. The molecule has 0 saturated heterocycles. The molecular formula is C64H125N2O11P. The smallest absolute Gasteiger partial charge is 0.462 e. The minimum absolute atomic E-state index is 0.00165. The van der Waals surface area contributed by atoms with Crippen molar-refractivity contribution in [2.24, 2.45) is 0 Å². The Morgan fingerprint density at radius 2 is 0.769 bits per heavy atom. The Morgan fingerprint density at radius 1 is 0.436 bits per heavy atom. The molecule has 0 saturated carbocycles. The number of carbonyl (C=O) groups is 4. The standard InChI is InChI=1S/C35H68NO7P.C29H57NO4/c1-6-10-12-14-16-17-18-19-21-23-28-35(38)43-34(26-22-20-15-13-11-7-2)27-24-25-33(36-32(5)37)31-42-44(39,40-29-8-3)41-30-9-4;1-4-6-8-10-12-13-14-15-17-19-24-29(33)34-28(22-18-16-11-9-7-5-2)23-20-21-27(25-31)30-26(3)32/h8,33-34H,3,6-7,9-31H2,1-2,4-5H3,(H,36,37);27-28,31H,4-25H2,1-3H3,(H,30,32). The van der Waals surface area contributed by atoms with Gasteiger partial charge in [-0.1, -0.05) is 220 Å². The average Bonchev–Trinajstić information content (AvgIpc) is 3.41. The lowest BCUT2D eigenvalue weighted by atomic mass is 10.0. The fourth-order valence-electron chi connectivity index (χ4n) is 9.64. The second-order valence-electron chi connectivity index (χ2n) is 22.2. The molecule has 0 bridgehead atoms. The molecule has 5 unspecified atom stereocenters. The number of ether oxygens (including phenoxy) is 2. The normalized spacial score (nSPS) is 13.6. The maximum Gasteiger partial charge on any atom is 0.475 e. The number of unbranched alkanes of at least 4 members (excludes halogenated alkanes) is 28. The lowest BCUT2D eigenvalue weighted by Crippen LogP contribution is -2.37. The van der Waals surface area contributed by atoms with E-state index >= 15 is 0 Å². The Kier molecular flexibility index (Phi) is 59.1. The summed E-state index contributed by atoms with van der Waals surface area (Å²) >= 11 is 0. The topological polar surface area (TPSA) is 176 Å². The van der Waals surface area contributed by atoms with Gasteiger partial charge in [-0.3, -0.25) is 32.7 Å². The molecule has 0 aliphatic rings. The van der Waals surface area contributed by atoms with Gasteiger partial charge < -0.3 is 25.2 Å². The largest absolute Gasteiger partial charge is 0.475 e. The van der Waals surface area contributed by atoms with Crippen LogP contribution >= 0.6 is 7.82 Å². The fraction of sp³-hybridized carbons (Fsp3) is 0.906.